The van der Waals surface area contributed by atoms with Gasteiger partial charge in [0.1, 0.15) is 17.9 Å². The van der Waals surface area contributed by atoms with Crippen LogP contribution in [0.15, 0.2) is 53.4 Å². The third kappa shape index (κ3) is 4.49. The Morgan fingerprint density at radius 1 is 1.18 bits per heavy atom. The third-order valence-electron chi connectivity index (χ3n) is 6.26. The van der Waals surface area contributed by atoms with E-state index >= 15 is 0 Å². The molecule has 1 fully saturated rings. The molecule has 33 heavy (non-hydrogen) atoms. The summed E-state index contributed by atoms with van der Waals surface area (Å²) in [6.45, 7) is 4.30. The lowest BCUT2D eigenvalue weighted by Crippen LogP contribution is -2.46. The predicted octanol–water partition coefficient (Wildman–Crippen LogP) is 4.68. The van der Waals surface area contributed by atoms with Gasteiger partial charge in [-0.1, -0.05) is 51.0 Å². The molecule has 0 bridgehead atoms. The van der Waals surface area contributed by atoms with Gasteiger partial charge < -0.3 is 10.2 Å². The molecular weight excluding hydrogens is 441 g/mol. The van der Waals surface area contributed by atoms with E-state index < -0.39 is 23.3 Å². The Balaban J connectivity index is 1.61. The van der Waals surface area contributed by atoms with E-state index in [0.29, 0.717) is 30.2 Å². The molecule has 4 amide bonds. The number of carbonyl (C=O) groups excluding carboxylic acids is 3. The number of rotatable bonds is 6. The SMILES string of the molecule is CCCC[C@@]1(c2ccc(F)cc2)NC(=O)N(CC(=O)N2CC[C@@H](C)Sc3ccccc32)C1=O. The van der Waals surface area contributed by atoms with Crippen LogP contribution in [0.1, 0.15) is 45.1 Å². The molecule has 0 radical (unpaired) electrons. The van der Waals surface area contributed by atoms with Crippen LogP contribution in [0.3, 0.4) is 0 Å². The van der Waals surface area contributed by atoms with Gasteiger partial charge in [-0.25, -0.2) is 9.18 Å². The van der Waals surface area contributed by atoms with Gasteiger partial charge in [0, 0.05) is 16.7 Å². The number of hydrogen-bond donors (Lipinski definition) is 1. The first-order valence-corrected chi connectivity index (χ1v) is 12.2. The molecular formula is C25H28FN3O3S. The standard InChI is InChI=1S/C25H28FN3O3S/c1-3-4-14-25(18-9-11-19(26)12-10-18)23(31)29(24(32)27-25)16-22(30)28-15-13-17(2)33-21-8-6-5-7-20(21)28/h5-12,17H,3-4,13-16H2,1-2H3,(H,27,32)/t17-,25+/m1/s1. The van der Waals surface area contributed by atoms with Crippen molar-refractivity contribution in [3.63, 3.8) is 0 Å². The Labute approximate surface area is 197 Å². The summed E-state index contributed by atoms with van der Waals surface area (Å²) in [7, 11) is 0. The summed E-state index contributed by atoms with van der Waals surface area (Å²) in [5, 5.41) is 3.17. The molecule has 6 nitrogen and oxygen atoms in total. The number of thioether (sulfide) groups is 1. The zero-order valence-electron chi connectivity index (χ0n) is 18.8. The predicted molar refractivity (Wildman–Crippen MR) is 127 cm³/mol. The van der Waals surface area contributed by atoms with Gasteiger partial charge in [-0.05, 0) is 42.7 Å². The summed E-state index contributed by atoms with van der Waals surface area (Å²) < 4.78 is 13.5. The molecule has 8 heteroatoms. The largest absolute Gasteiger partial charge is 0.325 e. The Kier molecular flexibility index (Phi) is 6.74. The molecule has 0 aromatic heterocycles. The first kappa shape index (κ1) is 23.3. The highest BCUT2D eigenvalue weighted by atomic mass is 32.2. The monoisotopic (exact) mass is 469 g/mol. The zero-order chi connectivity index (χ0) is 23.6. The van der Waals surface area contributed by atoms with Gasteiger partial charge in [0.25, 0.3) is 5.91 Å². The number of nitrogens with zero attached hydrogens (tertiary/aromatic N) is 2. The van der Waals surface area contributed by atoms with Crippen molar-refractivity contribution < 1.29 is 18.8 Å². The molecule has 0 aliphatic carbocycles. The van der Waals surface area contributed by atoms with Crippen LogP contribution in [-0.4, -0.2) is 41.1 Å². The number of amides is 4. The van der Waals surface area contributed by atoms with Gasteiger partial charge in [-0.2, -0.15) is 0 Å². The first-order valence-electron chi connectivity index (χ1n) is 11.3. The van der Waals surface area contributed by atoms with E-state index in [0.717, 1.165) is 28.3 Å². The van der Waals surface area contributed by atoms with Crippen LogP contribution in [0.5, 0.6) is 0 Å². The second-order valence-corrected chi connectivity index (χ2v) is 10.0. The quantitative estimate of drug-likeness (QED) is 0.624. The van der Waals surface area contributed by atoms with Gasteiger partial charge in [-0.15, -0.1) is 11.8 Å². The van der Waals surface area contributed by atoms with Crippen LogP contribution in [-0.2, 0) is 15.1 Å². The number of urea groups is 1. The highest BCUT2D eigenvalue weighted by molar-refractivity contribution is 8.00. The number of fused-ring (bicyclic) bond motifs is 1. The van der Waals surface area contributed by atoms with Crippen LogP contribution >= 0.6 is 11.8 Å². The van der Waals surface area contributed by atoms with E-state index in [1.807, 2.05) is 31.2 Å². The molecule has 2 aromatic rings. The van der Waals surface area contributed by atoms with Crippen LogP contribution in [0.2, 0.25) is 0 Å². The summed E-state index contributed by atoms with van der Waals surface area (Å²) in [6, 6.07) is 12.7. The molecule has 2 heterocycles. The molecule has 2 aliphatic heterocycles. The molecule has 2 atom stereocenters. The second-order valence-electron chi connectivity index (χ2n) is 8.57. The van der Waals surface area contributed by atoms with E-state index in [2.05, 4.69) is 12.2 Å². The van der Waals surface area contributed by atoms with Crippen LogP contribution < -0.4 is 10.2 Å². The lowest BCUT2D eigenvalue weighted by Gasteiger charge is -2.28. The van der Waals surface area contributed by atoms with Crippen LogP contribution in [0.25, 0.3) is 0 Å². The second kappa shape index (κ2) is 9.55. The highest BCUT2D eigenvalue weighted by Gasteiger charge is 2.52. The Bertz CT molecular complexity index is 1060. The number of carbonyl (C=O) groups is 3. The van der Waals surface area contributed by atoms with Crippen molar-refractivity contribution in [3.05, 3.63) is 59.9 Å². The van der Waals surface area contributed by atoms with E-state index in [1.165, 1.54) is 24.3 Å². The fourth-order valence-electron chi connectivity index (χ4n) is 4.42. The fourth-order valence-corrected chi connectivity index (χ4v) is 5.53. The number of unbranched alkanes of at least 4 members (excludes halogenated alkanes) is 1. The Hall–Kier alpha value is -2.87. The number of hydrogen-bond acceptors (Lipinski definition) is 4. The molecule has 2 aliphatic rings. The minimum Gasteiger partial charge on any atom is -0.319 e. The molecule has 0 spiro atoms. The molecule has 0 unspecified atom stereocenters. The topological polar surface area (TPSA) is 69.7 Å². The molecule has 1 N–H and O–H groups in total. The van der Waals surface area contributed by atoms with E-state index in [1.54, 1.807) is 16.7 Å². The zero-order valence-corrected chi connectivity index (χ0v) is 19.7. The first-order chi connectivity index (χ1) is 15.9. The van der Waals surface area contributed by atoms with Gasteiger partial charge in [0.2, 0.25) is 5.91 Å². The lowest BCUT2D eigenvalue weighted by molar-refractivity contribution is -0.135. The lowest BCUT2D eigenvalue weighted by atomic mass is 9.85. The van der Waals surface area contributed by atoms with Crippen LogP contribution in [0, 0.1) is 5.82 Å². The minimum absolute atomic E-state index is 0.300. The van der Waals surface area contributed by atoms with Gasteiger partial charge in [-0.3, -0.25) is 14.5 Å². The van der Waals surface area contributed by atoms with Gasteiger partial charge >= 0.3 is 6.03 Å². The number of anilines is 1. The summed E-state index contributed by atoms with van der Waals surface area (Å²) in [5.74, 6) is -1.18. The van der Waals surface area contributed by atoms with Crippen molar-refractivity contribution in [2.24, 2.45) is 0 Å². The van der Waals surface area contributed by atoms with Crippen molar-refractivity contribution in [3.8, 4) is 0 Å². The number of benzene rings is 2. The maximum atomic E-state index is 13.6. The highest BCUT2D eigenvalue weighted by Crippen LogP contribution is 2.38. The summed E-state index contributed by atoms with van der Waals surface area (Å²) in [4.78, 5) is 43.6. The van der Waals surface area contributed by atoms with E-state index in [-0.39, 0.29) is 12.5 Å². The number of halogens is 1. The molecule has 1 saturated heterocycles. The maximum absolute atomic E-state index is 13.6. The van der Waals surface area contributed by atoms with Gasteiger partial charge in [0.15, 0.2) is 0 Å². The van der Waals surface area contributed by atoms with Crippen molar-refractivity contribution in [2.45, 2.75) is 55.2 Å². The summed E-state index contributed by atoms with van der Waals surface area (Å²) in [5.41, 5.74) is 0.0398. The summed E-state index contributed by atoms with van der Waals surface area (Å²) >= 11 is 1.72. The molecule has 4 rings (SSSR count). The number of nitrogens with one attached hydrogen (secondary N) is 1. The van der Waals surface area contributed by atoms with Crippen molar-refractivity contribution in [1.82, 2.24) is 10.2 Å². The number of imide groups is 1. The molecule has 174 valence electrons. The van der Waals surface area contributed by atoms with Crippen LogP contribution in [0.4, 0.5) is 14.9 Å². The van der Waals surface area contributed by atoms with Crippen molar-refractivity contribution >= 4 is 35.3 Å². The van der Waals surface area contributed by atoms with Crippen molar-refractivity contribution in [1.29, 1.82) is 0 Å². The van der Waals surface area contributed by atoms with Crippen molar-refractivity contribution in [2.75, 3.05) is 18.0 Å². The van der Waals surface area contributed by atoms with E-state index in [9.17, 15) is 18.8 Å². The Morgan fingerprint density at radius 2 is 1.91 bits per heavy atom. The number of para-hydroxylation sites is 1. The van der Waals surface area contributed by atoms with Gasteiger partial charge in [0.05, 0.1) is 5.69 Å². The average Bonchev–Trinajstić information content (AvgIpc) is 2.94. The minimum atomic E-state index is -1.29. The fraction of sp³-hybridized carbons (Fsp3) is 0.400. The molecule has 0 saturated carbocycles. The maximum Gasteiger partial charge on any atom is 0.325 e. The van der Waals surface area contributed by atoms with E-state index in [4.69, 9.17) is 0 Å². The molecule has 2 aromatic carbocycles. The third-order valence-corrected chi connectivity index (χ3v) is 7.49. The normalized spacial score (nSPS) is 22.7. The average molecular weight is 470 g/mol. The summed E-state index contributed by atoms with van der Waals surface area (Å²) in [6.07, 6.45) is 2.71. The smallest absolute Gasteiger partial charge is 0.319 e. The Morgan fingerprint density at radius 3 is 2.64 bits per heavy atom.